The molecule has 0 aliphatic carbocycles. The lowest BCUT2D eigenvalue weighted by atomic mass is 10.0. The van der Waals surface area contributed by atoms with E-state index >= 15 is 0 Å². The molecule has 1 atom stereocenters. The first-order valence-electron chi connectivity index (χ1n) is 10.6. The molecule has 2 amide bonds. The minimum atomic E-state index is -0.641. The number of aromatic amines is 1. The summed E-state index contributed by atoms with van der Waals surface area (Å²) in [7, 11) is 0. The first-order valence-corrected chi connectivity index (χ1v) is 10.6. The molecule has 0 saturated carbocycles. The summed E-state index contributed by atoms with van der Waals surface area (Å²) >= 11 is 0. The number of nitrogens with two attached hydrogens (primary N) is 1. The number of halogens is 1. The van der Waals surface area contributed by atoms with Crippen LogP contribution in [0.2, 0.25) is 0 Å². The maximum atomic E-state index is 13.9. The second-order valence-corrected chi connectivity index (χ2v) is 8.00. The van der Waals surface area contributed by atoms with E-state index in [1.807, 2.05) is 0 Å². The van der Waals surface area contributed by atoms with Crippen molar-refractivity contribution in [2.75, 3.05) is 13.1 Å². The SMILES string of the molecule is C#CC(=O)N1CCC(c2c[nH]n3c(C(N)=O)c(-c4ccc(Oc5ccccc5F)cc4)nc23)C1. The number of para-hydroxylation sites is 1. The Balaban J connectivity index is 1.47. The van der Waals surface area contributed by atoms with Gasteiger partial charge < -0.3 is 15.4 Å². The fraction of sp³-hybridized carbons (Fsp3) is 0.160. The number of carbonyl (C=O) groups excluding carboxylic acids is 2. The highest BCUT2D eigenvalue weighted by molar-refractivity contribution is 5.98. The molecular formula is C25H20FN5O3. The minimum absolute atomic E-state index is 0.0265. The molecule has 1 unspecified atom stereocenters. The van der Waals surface area contributed by atoms with Crippen molar-refractivity contribution in [2.45, 2.75) is 12.3 Å². The summed E-state index contributed by atoms with van der Waals surface area (Å²) in [6, 6.07) is 12.9. The Hall–Kier alpha value is -4.58. The van der Waals surface area contributed by atoms with E-state index in [-0.39, 0.29) is 23.3 Å². The van der Waals surface area contributed by atoms with Crippen LogP contribution in [0.25, 0.3) is 16.9 Å². The van der Waals surface area contributed by atoms with Gasteiger partial charge in [-0.05, 0) is 48.7 Å². The van der Waals surface area contributed by atoms with Crippen molar-refractivity contribution in [3.63, 3.8) is 0 Å². The number of aromatic nitrogens is 3. The quantitative estimate of drug-likeness (QED) is 0.449. The third-order valence-corrected chi connectivity index (χ3v) is 5.95. The van der Waals surface area contributed by atoms with Gasteiger partial charge in [-0.2, -0.15) is 0 Å². The Morgan fingerprint density at radius 2 is 1.97 bits per heavy atom. The number of hydrogen-bond acceptors (Lipinski definition) is 4. The molecule has 1 saturated heterocycles. The van der Waals surface area contributed by atoms with Crippen LogP contribution >= 0.6 is 0 Å². The monoisotopic (exact) mass is 457 g/mol. The molecule has 1 aliphatic heterocycles. The molecule has 5 rings (SSSR count). The molecule has 170 valence electrons. The van der Waals surface area contributed by atoms with Gasteiger partial charge in [-0.25, -0.2) is 13.9 Å². The zero-order chi connectivity index (χ0) is 23.8. The van der Waals surface area contributed by atoms with Crippen molar-refractivity contribution in [1.82, 2.24) is 19.5 Å². The molecular weight excluding hydrogens is 437 g/mol. The maximum absolute atomic E-state index is 13.9. The van der Waals surface area contributed by atoms with Crippen molar-refractivity contribution in [2.24, 2.45) is 5.73 Å². The number of nitrogens with zero attached hydrogens (tertiary/aromatic N) is 3. The van der Waals surface area contributed by atoms with Crippen molar-refractivity contribution in [1.29, 1.82) is 0 Å². The van der Waals surface area contributed by atoms with Crippen LogP contribution in [-0.2, 0) is 4.79 Å². The summed E-state index contributed by atoms with van der Waals surface area (Å²) in [6.07, 6.45) is 7.76. The van der Waals surface area contributed by atoms with Crippen LogP contribution in [0.4, 0.5) is 4.39 Å². The van der Waals surface area contributed by atoms with Gasteiger partial charge in [-0.3, -0.25) is 14.7 Å². The summed E-state index contributed by atoms with van der Waals surface area (Å²) in [4.78, 5) is 30.5. The molecule has 9 heteroatoms. The van der Waals surface area contributed by atoms with Crippen molar-refractivity contribution in [3.05, 3.63) is 71.8 Å². The summed E-state index contributed by atoms with van der Waals surface area (Å²) in [5.74, 6) is 1.28. The second-order valence-electron chi connectivity index (χ2n) is 8.00. The molecule has 1 fully saturated rings. The number of fused-ring (bicyclic) bond motifs is 1. The largest absolute Gasteiger partial charge is 0.454 e. The molecule has 34 heavy (non-hydrogen) atoms. The third kappa shape index (κ3) is 3.65. The Morgan fingerprint density at radius 3 is 2.68 bits per heavy atom. The number of carbonyl (C=O) groups is 2. The van der Waals surface area contributed by atoms with E-state index in [1.54, 1.807) is 52.0 Å². The predicted molar refractivity (Wildman–Crippen MR) is 123 cm³/mol. The highest BCUT2D eigenvalue weighted by atomic mass is 19.1. The number of nitrogens with one attached hydrogen (secondary N) is 1. The standard InChI is InChI=1S/C25H20FN5O3/c1-2-21(32)30-12-11-16(14-30)18-13-28-31-23(24(27)33)22(29-25(18)31)15-7-9-17(10-8-15)34-20-6-4-3-5-19(20)26/h1,3-10,13,16,28H,11-12,14H2,(H2,27,33). The van der Waals surface area contributed by atoms with Crippen LogP contribution in [0, 0.1) is 18.2 Å². The second kappa shape index (κ2) is 8.41. The van der Waals surface area contributed by atoms with Crippen LogP contribution in [0.3, 0.4) is 0 Å². The molecule has 0 spiro atoms. The average Bonchev–Trinajstić information content (AvgIpc) is 3.55. The fourth-order valence-corrected chi connectivity index (χ4v) is 4.29. The first kappa shape index (κ1) is 21.3. The third-order valence-electron chi connectivity index (χ3n) is 5.95. The molecule has 4 aromatic rings. The summed E-state index contributed by atoms with van der Waals surface area (Å²) in [5, 5.41) is 3.06. The Bertz CT molecular complexity index is 1450. The Kier molecular flexibility index (Phi) is 5.26. The lowest BCUT2D eigenvalue weighted by molar-refractivity contribution is -0.124. The van der Waals surface area contributed by atoms with Gasteiger partial charge in [-0.15, -0.1) is 6.42 Å². The normalized spacial score (nSPS) is 15.4. The topological polar surface area (TPSA) is 106 Å². The van der Waals surface area contributed by atoms with E-state index in [1.165, 1.54) is 12.1 Å². The number of imidazole rings is 1. The first-order chi connectivity index (χ1) is 16.5. The van der Waals surface area contributed by atoms with Crippen molar-refractivity contribution in [3.8, 4) is 35.1 Å². The number of likely N-dealkylation sites (tertiary alicyclic amines) is 1. The highest BCUT2D eigenvalue weighted by Crippen LogP contribution is 2.34. The van der Waals surface area contributed by atoms with Crippen molar-refractivity contribution < 1.29 is 18.7 Å². The number of amides is 2. The number of terminal acetylenes is 1. The minimum Gasteiger partial charge on any atom is -0.454 e. The average molecular weight is 457 g/mol. The van der Waals surface area contributed by atoms with Gasteiger partial charge in [0.15, 0.2) is 22.9 Å². The zero-order valence-corrected chi connectivity index (χ0v) is 18.0. The Labute approximate surface area is 194 Å². The van der Waals surface area contributed by atoms with E-state index in [2.05, 4.69) is 11.0 Å². The van der Waals surface area contributed by atoms with Gasteiger partial charge in [0, 0.05) is 36.3 Å². The Morgan fingerprint density at radius 1 is 1.21 bits per heavy atom. The van der Waals surface area contributed by atoms with Gasteiger partial charge in [0.05, 0.1) is 0 Å². The van der Waals surface area contributed by atoms with E-state index in [0.717, 1.165) is 12.0 Å². The van der Waals surface area contributed by atoms with Crippen LogP contribution in [0.5, 0.6) is 11.5 Å². The van der Waals surface area contributed by atoms with Gasteiger partial charge in [0.2, 0.25) is 0 Å². The zero-order valence-electron chi connectivity index (χ0n) is 18.0. The number of benzene rings is 2. The smallest absolute Gasteiger partial charge is 0.298 e. The lowest BCUT2D eigenvalue weighted by Crippen LogP contribution is -2.26. The fourth-order valence-electron chi connectivity index (χ4n) is 4.29. The lowest BCUT2D eigenvalue weighted by Gasteiger charge is -2.12. The number of primary amides is 1. The number of ether oxygens (including phenoxy) is 1. The number of rotatable bonds is 5. The van der Waals surface area contributed by atoms with E-state index in [4.69, 9.17) is 21.9 Å². The number of hydrogen-bond donors (Lipinski definition) is 2. The van der Waals surface area contributed by atoms with E-state index in [9.17, 15) is 14.0 Å². The van der Waals surface area contributed by atoms with Gasteiger partial charge in [-0.1, -0.05) is 12.1 Å². The molecule has 1 aliphatic rings. The number of H-pyrrole nitrogens is 1. The van der Waals surface area contributed by atoms with E-state index in [0.29, 0.717) is 35.7 Å². The summed E-state index contributed by atoms with van der Waals surface area (Å²) in [6.45, 7) is 1.04. The predicted octanol–water partition coefficient (Wildman–Crippen LogP) is 3.31. The van der Waals surface area contributed by atoms with Gasteiger partial charge >= 0.3 is 0 Å². The van der Waals surface area contributed by atoms with Gasteiger partial charge in [0.1, 0.15) is 11.4 Å². The molecule has 2 aromatic heterocycles. The van der Waals surface area contributed by atoms with Crippen LogP contribution in [0.1, 0.15) is 28.4 Å². The summed E-state index contributed by atoms with van der Waals surface area (Å²) < 4.78 is 21.0. The summed E-state index contributed by atoms with van der Waals surface area (Å²) in [5.41, 5.74) is 8.40. The van der Waals surface area contributed by atoms with Crippen molar-refractivity contribution >= 4 is 17.5 Å². The van der Waals surface area contributed by atoms with Gasteiger partial charge in [0.25, 0.3) is 11.8 Å². The molecule has 3 heterocycles. The molecule has 0 radical (unpaired) electrons. The molecule has 3 N–H and O–H groups in total. The van der Waals surface area contributed by atoms with Crippen LogP contribution in [-0.4, -0.2) is 44.4 Å². The van der Waals surface area contributed by atoms with Crippen LogP contribution < -0.4 is 10.5 Å². The molecule has 2 aromatic carbocycles. The molecule has 8 nitrogen and oxygen atoms in total. The molecule has 0 bridgehead atoms. The maximum Gasteiger partial charge on any atom is 0.298 e. The highest BCUT2D eigenvalue weighted by Gasteiger charge is 2.31. The van der Waals surface area contributed by atoms with E-state index < -0.39 is 11.7 Å². The van der Waals surface area contributed by atoms with Crippen LogP contribution in [0.15, 0.2) is 54.7 Å².